The second kappa shape index (κ2) is 6.36. The lowest BCUT2D eigenvalue weighted by molar-refractivity contribution is -0.0940. The van der Waals surface area contributed by atoms with Gasteiger partial charge in [0.15, 0.2) is 0 Å². The van der Waals surface area contributed by atoms with Crippen LogP contribution in [-0.4, -0.2) is 49.3 Å². The Labute approximate surface area is 113 Å². The molecule has 0 radical (unpaired) electrons. The van der Waals surface area contributed by atoms with E-state index in [0.717, 1.165) is 32.8 Å². The molecule has 0 spiro atoms. The van der Waals surface area contributed by atoms with Crippen molar-refractivity contribution in [1.82, 2.24) is 10.2 Å². The monoisotopic (exact) mass is 256 g/mol. The van der Waals surface area contributed by atoms with Crippen LogP contribution >= 0.6 is 0 Å². The van der Waals surface area contributed by atoms with Crippen molar-refractivity contribution >= 4 is 0 Å². The zero-order chi connectivity index (χ0) is 13.8. The van der Waals surface area contributed by atoms with E-state index in [9.17, 15) is 0 Å². The van der Waals surface area contributed by atoms with Gasteiger partial charge in [-0.1, -0.05) is 20.8 Å². The Morgan fingerprint density at radius 1 is 1.39 bits per heavy atom. The fraction of sp³-hybridized carbons (Fsp3) is 1.00. The third kappa shape index (κ3) is 4.87. The zero-order valence-electron chi connectivity index (χ0n) is 13.2. The molecular formula is C15H32N2O. The molecule has 1 aliphatic heterocycles. The van der Waals surface area contributed by atoms with E-state index < -0.39 is 0 Å². The van der Waals surface area contributed by atoms with Crippen molar-refractivity contribution in [2.24, 2.45) is 5.41 Å². The largest absolute Gasteiger partial charge is 0.373 e. The van der Waals surface area contributed by atoms with Crippen LogP contribution in [0.25, 0.3) is 0 Å². The van der Waals surface area contributed by atoms with E-state index in [4.69, 9.17) is 4.74 Å². The van der Waals surface area contributed by atoms with Crippen LogP contribution in [0.2, 0.25) is 0 Å². The van der Waals surface area contributed by atoms with Gasteiger partial charge in [0.25, 0.3) is 0 Å². The predicted octanol–water partition coefficient (Wildman–Crippen LogP) is 2.51. The number of rotatable bonds is 6. The van der Waals surface area contributed by atoms with Gasteiger partial charge in [-0.25, -0.2) is 0 Å². The average Bonchev–Trinajstić information content (AvgIpc) is 2.23. The molecule has 1 rings (SSSR count). The molecule has 1 N–H and O–H groups in total. The van der Waals surface area contributed by atoms with E-state index in [2.05, 4.69) is 51.8 Å². The van der Waals surface area contributed by atoms with Gasteiger partial charge >= 0.3 is 0 Å². The summed E-state index contributed by atoms with van der Waals surface area (Å²) in [6, 6.07) is 0.545. The molecule has 0 aromatic heterocycles. The Balaban J connectivity index is 2.48. The van der Waals surface area contributed by atoms with Gasteiger partial charge in [0.2, 0.25) is 0 Å². The first-order valence-electron chi connectivity index (χ1n) is 7.36. The minimum atomic E-state index is 0.00835. The Hall–Kier alpha value is -0.120. The minimum Gasteiger partial charge on any atom is -0.373 e. The highest BCUT2D eigenvalue weighted by atomic mass is 16.5. The highest BCUT2D eigenvalue weighted by Gasteiger charge is 2.33. The molecule has 108 valence electrons. The Morgan fingerprint density at radius 3 is 2.61 bits per heavy atom. The first-order valence-corrected chi connectivity index (χ1v) is 7.36. The summed E-state index contributed by atoms with van der Waals surface area (Å²) in [7, 11) is 0. The van der Waals surface area contributed by atoms with Crippen LogP contribution in [0.15, 0.2) is 0 Å². The van der Waals surface area contributed by atoms with Crippen molar-refractivity contribution in [2.45, 2.75) is 59.6 Å². The lowest BCUT2D eigenvalue weighted by Gasteiger charge is -2.43. The van der Waals surface area contributed by atoms with Crippen LogP contribution in [0, 0.1) is 5.41 Å². The van der Waals surface area contributed by atoms with Gasteiger partial charge < -0.3 is 10.1 Å². The molecule has 1 unspecified atom stereocenters. The van der Waals surface area contributed by atoms with Crippen molar-refractivity contribution in [3.63, 3.8) is 0 Å². The van der Waals surface area contributed by atoms with Crippen molar-refractivity contribution in [1.29, 1.82) is 0 Å². The van der Waals surface area contributed by atoms with E-state index in [0.29, 0.717) is 11.5 Å². The summed E-state index contributed by atoms with van der Waals surface area (Å²) in [5.74, 6) is 0. The van der Waals surface area contributed by atoms with Crippen molar-refractivity contribution < 1.29 is 4.74 Å². The third-order valence-electron chi connectivity index (χ3n) is 4.01. The summed E-state index contributed by atoms with van der Waals surface area (Å²) in [4.78, 5) is 2.55. The highest BCUT2D eigenvalue weighted by molar-refractivity contribution is 4.87. The molecule has 3 nitrogen and oxygen atoms in total. The highest BCUT2D eigenvalue weighted by Crippen LogP contribution is 2.25. The summed E-state index contributed by atoms with van der Waals surface area (Å²) in [5, 5.41) is 3.62. The number of nitrogens with one attached hydrogen (secondary N) is 1. The van der Waals surface area contributed by atoms with Crippen LogP contribution in [-0.2, 0) is 4.74 Å². The molecular weight excluding hydrogens is 224 g/mol. The molecule has 1 aliphatic rings. The molecule has 1 heterocycles. The van der Waals surface area contributed by atoms with Crippen LogP contribution < -0.4 is 5.32 Å². The van der Waals surface area contributed by atoms with Gasteiger partial charge in [-0.2, -0.15) is 0 Å². The Kier molecular flexibility index (Phi) is 5.63. The number of morpholine rings is 1. The Morgan fingerprint density at radius 2 is 2.06 bits per heavy atom. The molecule has 3 heteroatoms. The SMILES string of the molecule is CCCNC(C)C(C)(C)CN1CCOC(C)(C)C1. The molecule has 0 aliphatic carbocycles. The van der Waals surface area contributed by atoms with Gasteiger partial charge in [-0.05, 0) is 39.2 Å². The number of hydrogen-bond donors (Lipinski definition) is 1. The van der Waals surface area contributed by atoms with Gasteiger partial charge in [-0.15, -0.1) is 0 Å². The second-order valence-corrected chi connectivity index (χ2v) is 6.98. The fourth-order valence-corrected chi connectivity index (χ4v) is 2.60. The zero-order valence-corrected chi connectivity index (χ0v) is 13.2. The summed E-state index contributed by atoms with van der Waals surface area (Å²) in [6.45, 7) is 18.8. The standard InChI is InChI=1S/C15H32N2O/c1-7-8-16-13(2)14(3,4)11-17-9-10-18-15(5,6)12-17/h13,16H,7-12H2,1-6H3. The number of nitrogens with zero attached hydrogens (tertiary/aromatic N) is 1. The van der Waals surface area contributed by atoms with E-state index in [1.54, 1.807) is 0 Å². The molecule has 0 bridgehead atoms. The van der Waals surface area contributed by atoms with Gasteiger partial charge in [-0.3, -0.25) is 4.90 Å². The maximum absolute atomic E-state index is 5.78. The van der Waals surface area contributed by atoms with Crippen molar-refractivity contribution in [3.8, 4) is 0 Å². The summed E-state index contributed by atoms with van der Waals surface area (Å²) >= 11 is 0. The smallest absolute Gasteiger partial charge is 0.0753 e. The van der Waals surface area contributed by atoms with E-state index in [1.807, 2.05) is 0 Å². The Bertz CT molecular complexity index is 251. The maximum Gasteiger partial charge on any atom is 0.0753 e. The summed E-state index contributed by atoms with van der Waals surface area (Å²) in [6.07, 6.45) is 1.20. The quantitative estimate of drug-likeness (QED) is 0.790. The third-order valence-corrected chi connectivity index (χ3v) is 4.01. The summed E-state index contributed by atoms with van der Waals surface area (Å²) < 4.78 is 5.78. The van der Waals surface area contributed by atoms with Gasteiger partial charge in [0, 0.05) is 25.7 Å². The second-order valence-electron chi connectivity index (χ2n) is 6.98. The van der Waals surface area contributed by atoms with Crippen LogP contribution in [0.4, 0.5) is 0 Å². The molecule has 0 aromatic rings. The van der Waals surface area contributed by atoms with Gasteiger partial charge in [0.05, 0.1) is 12.2 Å². The van der Waals surface area contributed by atoms with Gasteiger partial charge in [0.1, 0.15) is 0 Å². The first-order chi connectivity index (χ1) is 8.27. The van der Waals surface area contributed by atoms with Crippen LogP contribution in [0.5, 0.6) is 0 Å². The molecule has 0 aromatic carbocycles. The molecule has 1 atom stereocenters. The van der Waals surface area contributed by atoms with Crippen molar-refractivity contribution in [3.05, 3.63) is 0 Å². The topological polar surface area (TPSA) is 24.5 Å². The molecule has 0 amide bonds. The number of ether oxygens (including phenoxy) is 1. The normalized spacial score (nSPS) is 23.0. The summed E-state index contributed by atoms with van der Waals surface area (Å²) in [5.41, 5.74) is 0.303. The maximum atomic E-state index is 5.78. The molecule has 1 saturated heterocycles. The molecule has 1 fully saturated rings. The van der Waals surface area contributed by atoms with Crippen LogP contribution in [0.1, 0.15) is 48.0 Å². The minimum absolute atomic E-state index is 0.00835. The van der Waals surface area contributed by atoms with E-state index in [1.165, 1.54) is 6.42 Å². The first kappa shape index (κ1) is 15.9. The van der Waals surface area contributed by atoms with E-state index in [-0.39, 0.29) is 5.60 Å². The lowest BCUT2D eigenvalue weighted by Crippen LogP contribution is -2.54. The molecule has 18 heavy (non-hydrogen) atoms. The number of hydrogen-bond acceptors (Lipinski definition) is 3. The molecule has 0 saturated carbocycles. The fourth-order valence-electron chi connectivity index (χ4n) is 2.60. The predicted molar refractivity (Wildman–Crippen MR) is 78.0 cm³/mol. The van der Waals surface area contributed by atoms with Crippen molar-refractivity contribution in [2.75, 3.05) is 32.8 Å². The van der Waals surface area contributed by atoms with E-state index >= 15 is 0 Å². The van der Waals surface area contributed by atoms with Crippen LogP contribution in [0.3, 0.4) is 0 Å². The average molecular weight is 256 g/mol. The lowest BCUT2D eigenvalue weighted by atomic mass is 9.84.